The largest absolute Gasteiger partial charge is 0.350 e. The Kier molecular flexibility index (Phi) is 3.56. The molecule has 1 saturated heterocycles. The van der Waals surface area contributed by atoms with Crippen molar-refractivity contribution < 1.29 is 14.3 Å². The first-order valence-corrected chi connectivity index (χ1v) is 8.38. The molecule has 2 aromatic heterocycles. The van der Waals surface area contributed by atoms with Crippen LogP contribution in [0.1, 0.15) is 28.4 Å². The van der Waals surface area contributed by atoms with E-state index in [0.717, 1.165) is 31.8 Å². The zero-order chi connectivity index (χ0) is 16.0. The highest BCUT2D eigenvalue weighted by Gasteiger charge is 2.20. The van der Waals surface area contributed by atoms with Gasteiger partial charge in [-0.25, -0.2) is 0 Å². The number of ether oxygens (including phenoxy) is 2. The fourth-order valence-electron chi connectivity index (χ4n) is 2.98. The zero-order valence-corrected chi connectivity index (χ0v) is 13.9. The summed E-state index contributed by atoms with van der Waals surface area (Å²) in [6, 6.07) is 10.4. The maximum Gasteiger partial charge on any atom is 0.193 e. The van der Waals surface area contributed by atoms with Gasteiger partial charge in [-0.05, 0) is 36.8 Å². The van der Waals surface area contributed by atoms with E-state index in [4.69, 9.17) is 9.47 Å². The Balaban J connectivity index is 1.77. The van der Waals surface area contributed by atoms with Crippen LogP contribution in [-0.4, -0.2) is 23.6 Å². The van der Waals surface area contributed by atoms with Crippen molar-refractivity contribution in [3.05, 3.63) is 47.0 Å². The van der Waals surface area contributed by atoms with Gasteiger partial charge in [0, 0.05) is 34.6 Å². The molecule has 0 aliphatic carbocycles. The Morgan fingerprint density at radius 3 is 2.74 bits per heavy atom. The first-order valence-electron chi connectivity index (χ1n) is 7.57. The molecule has 0 saturated carbocycles. The van der Waals surface area contributed by atoms with Crippen LogP contribution in [0, 0.1) is 0 Å². The number of Topliss-reactive ketones (excluding diaryl/α,β-unsaturated/α-hetero) is 1. The number of nitrogens with zero attached hydrogens (tertiary/aromatic N) is 1. The lowest BCUT2D eigenvalue weighted by atomic mass is 10.1. The van der Waals surface area contributed by atoms with Crippen molar-refractivity contribution in [2.45, 2.75) is 13.2 Å². The van der Waals surface area contributed by atoms with Crippen molar-refractivity contribution in [1.82, 2.24) is 4.57 Å². The quantitative estimate of drug-likeness (QED) is 0.678. The van der Waals surface area contributed by atoms with E-state index < -0.39 is 0 Å². The van der Waals surface area contributed by atoms with Crippen LogP contribution in [0.3, 0.4) is 0 Å². The smallest absolute Gasteiger partial charge is 0.193 e. The van der Waals surface area contributed by atoms with Gasteiger partial charge in [-0.2, -0.15) is 0 Å². The lowest BCUT2D eigenvalue weighted by Gasteiger charge is -2.05. The van der Waals surface area contributed by atoms with Gasteiger partial charge in [0.25, 0.3) is 0 Å². The van der Waals surface area contributed by atoms with Crippen molar-refractivity contribution in [3.63, 3.8) is 0 Å². The normalized spacial score (nSPS) is 15.6. The molecule has 3 heterocycles. The van der Waals surface area contributed by atoms with Gasteiger partial charge in [-0.1, -0.05) is 6.07 Å². The first kappa shape index (κ1) is 14.6. The molecule has 3 aromatic rings. The van der Waals surface area contributed by atoms with E-state index in [1.807, 2.05) is 17.8 Å². The van der Waals surface area contributed by atoms with Gasteiger partial charge in [0.15, 0.2) is 12.1 Å². The predicted molar refractivity (Wildman–Crippen MR) is 90.9 cm³/mol. The van der Waals surface area contributed by atoms with E-state index in [9.17, 15) is 4.79 Å². The topological polar surface area (TPSA) is 40.5 Å². The number of aromatic nitrogens is 1. The molecule has 1 aliphatic rings. The van der Waals surface area contributed by atoms with E-state index in [0.29, 0.717) is 13.2 Å². The summed E-state index contributed by atoms with van der Waals surface area (Å²) in [4.78, 5) is 14.1. The zero-order valence-electron chi connectivity index (χ0n) is 13.0. The van der Waals surface area contributed by atoms with Crippen LogP contribution in [0.4, 0.5) is 0 Å². The van der Waals surface area contributed by atoms with Gasteiger partial charge in [0.2, 0.25) is 0 Å². The molecule has 5 heteroatoms. The molecule has 118 valence electrons. The van der Waals surface area contributed by atoms with Crippen molar-refractivity contribution >= 4 is 28.0 Å². The number of aryl methyl sites for hydroxylation is 1. The van der Waals surface area contributed by atoms with Crippen LogP contribution in [0.15, 0.2) is 36.5 Å². The van der Waals surface area contributed by atoms with Crippen LogP contribution in [0.2, 0.25) is 0 Å². The Hall–Kier alpha value is -1.95. The van der Waals surface area contributed by atoms with Crippen LogP contribution < -0.4 is 0 Å². The second kappa shape index (κ2) is 5.60. The molecule has 4 rings (SSSR count). The van der Waals surface area contributed by atoms with Gasteiger partial charge in [-0.15, -0.1) is 11.3 Å². The number of thiophene rings is 1. The minimum Gasteiger partial charge on any atom is -0.350 e. The summed E-state index contributed by atoms with van der Waals surface area (Å²) in [6.45, 7) is 2.91. The number of hydrogen-bond acceptors (Lipinski definition) is 4. The summed E-state index contributed by atoms with van der Waals surface area (Å²) in [5, 5.41) is 1.00. The number of fused-ring (bicyclic) bond motifs is 1. The minimum atomic E-state index is -0.234. The third kappa shape index (κ3) is 2.51. The summed E-state index contributed by atoms with van der Waals surface area (Å²) < 4.78 is 13.1. The molecule has 1 aliphatic heterocycles. The fourth-order valence-corrected chi connectivity index (χ4v) is 3.99. The molecule has 0 atom stereocenters. The van der Waals surface area contributed by atoms with Gasteiger partial charge >= 0.3 is 0 Å². The van der Waals surface area contributed by atoms with Gasteiger partial charge in [0.05, 0.1) is 18.1 Å². The lowest BCUT2D eigenvalue weighted by molar-refractivity contribution is -0.0413. The Morgan fingerprint density at radius 1 is 1.22 bits per heavy atom. The van der Waals surface area contributed by atoms with E-state index in [2.05, 4.69) is 30.3 Å². The van der Waals surface area contributed by atoms with E-state index in [1.54, 1.807) is 18.3 Å². The van der Waals surface area contributed by atoms with E-state index in [-0.39, 0.29) is 12.1 Å². The number of benzene rings is 1. The second-order valence-electron chi connectivity index (χ2n) is 5.72. The minimum absolute atomic E-state index is 0.0902. The van der Waals surface area contributed by atoms with Crippen molar-refractivity contribution in [1.29, 1.82) is 0 Å². The number of carbonyl (C=O) groups is 1. The molecule has 0 bridgehead atoms. The average Bonchev–Trinajstić information content (AvgIpc) is 3.26. The molecule has 0 N–H and O–H groups in total. The first-order chi connectivity index (χ1) is 11.1. The molecule has 0 unspecified atom stereocenters. The molecule has 0 radical (unpaired) electrons. The Labute approximate surface area is 138 Å². The summed E-state index contributed by atoms with van der Waals surface area (Å²) in [5.41, 5.74) is 2.95. The summed E-state index contributed by atoms with van der Waals surface area (Å²) in [6.07, 6.45) is 1.67. The predicted octanol–water partition coefficient (Wildman–Crippen LogP) is 4.15. The maximum absolute atomic E-state index is 11.9. The van der Waals surface area contributed by atoms with Crippen LogP contribution in [-0.2, 0) is 16.5 Å². The summed E-state index contributed by atoms with van der Waals surface area (Å²) in [5.74, 6) is 0.0902. The van der Waals surface area contributed by atoms with Gasteiger partial charge < -0.3 is 14.0 Å². The standard InChI is InChI=1S/C18H17NO3S/c1-11(20)14-10-19(2)15-4-3-12(9-13(14)15)16-5-6-17(23-16)18-21-7-8-22-18/h3-6,9-10,18H,7-8H2,1-2H3. The van der Waals surface area contributed by atoms with E-state index >= 15 is 0 Å². The van der Waals surface area contributed by atoms with Crippen LogP contribution in [0.25, 0.3) is 21.3 Å². The van der Waals surface area contributed by atoms with Crippen LogP contribution in [0.5, 0.6) is 0 Å². The molecule has 4 nitrogen and oxygen atoms in total. The molecule has 0 amide bonds. The fraction of sp³-hybridized carbons (Fsp3) is 0.278. The third-order valence-electron chi connectivity index (χ3n) is 4.13. The monoisotopic (exact) mass is 327 g/mol. The number of ketones is 1. The second-order valence-corrected chi connectivity index (χ2v) is 6.83. The molecular formula is C18H17NO3S. The Morgan fingerprint density at radius 2 is 2.00 bits per heavy atom. The molecule has 1 aromatic carbocycles. The molecule has 1 fully saturated rings. The SMILES string of the molecule is CC(=O)c1cn(C)c2ccc(-c3ccc(C4OCCO4)s3)cc12. The van der Waals surface area contributed by atoms with Crippen LogP contribution >= 0.6 is 11.3 Å². The molecule has 23 heavy (non-hydrogen) atoms. The number of rotatable bonds is 3. The molecule has 0 spiro atoms. The van der Waals surface area contributed by atoms with Crippen molar-refractivity contribution in [3.8, 4) is 10.4 Å². The molecular weight excluding hydrogens is 310 g/mol. The van der Waals surface area contributed by atoms with Gasteiger partial charge in [-0.3, -0.25) is 4.79 Å². The number of carbonyl (C=O) groups excluding carboxylic acids is 1. The number of hydrogen-bond donors (Lipinski definition) is 0. The van der Waals surface area contributed by atoms with Crippen molar-refractivity contribution in [2.24, 2.45) is 7.05 Å². The summed E-state index contributed by atoms with van der Waals surface area (Å²) in [7, 11) is 1.96. The highest BCUT2D eigenvalue weighted by molar-refractivity contribution is 7.15. The van der Waals surface area contributed by atoms with Gasteiger partial charge in [0.1, 0.15) is 0 Å². The van der Waals surface area contributed by atoms with E-state index in [1.165, 1.54) is 0 Å². The highest BCUT2D eigenvalue weighted by Crippen LogP contribution is 2.36. The van der Waals surface area contributed by atoms with Crippen molar-refractivity contribution in [2.75, 3.05) is 13.2 Å². The third-order valence-corrected chi connectivity index (χ3v) is 5.29. The highest BCUT2D eigenvalue weighted by atomic mass is 32.1. The maximum atomic E-state index is 11.9. The average molecular weight is 327 g/mol. The lowest BCUT2D eigenvalue weighted by Crippen LogP contribution is -1.93. The Bertz CT molecular complexity index is 887. The summed E-state index contributed by atoms with van der Waals surface area (Å²) >= 11 is 1.67.